The van der Waals surface area contributed by atoms with Crippen LogP contribution in [0, 0.1) is 5.92 Å². The molecule has 1 aromatic heterocycles. The van der Waals surface area contributed by atoms with E-state index in [1.807, 2.05) is 30.5 Å². The third-order valence-corrected chi connectivity index (χ3v) is 3.30. The number of H-pyrrole nitrogens is 1. The summed E-state index contributed by atoms with van der Waals surface area (Å²) in [5.74, 6) is 0.305. The maximum atomic E-state index is 12.1. The standard InChI is InChI=1S/C13H14N2O2/c16-8-9-6-15(7-9)13(17)11-2-1-10-3-4-14-12(10)5-11/h1-5,9,14,16H,6-8H2. The number of aliphatic hydroxyl groups is 1. The van der Waals surface area contributed by atoms with E-state index in [4.69, 9.17) is 5.11 Å². The molecule has 4 heteroatoms. The summed E-state index contributed by atoms with van der Waals surface area (Å²) in [4.78, 5) is 17.0. The predicted octanol–water partition coefficient (Wildman–Crippen LogP) is 1.23. The van der Waals surface area contributed by atoms with Gasteiger partial charge in [-0.3, -0.25) is 4.79 Å². The van der Waals surface area contributed by atoms with Gasteiger partial charge in [0.2, 0.25) is 0 Å². The molecule has 1 amide bonds. The van der Waals surface area contributed by atoms with Crippen LogP contribution in [0.1, 0.15) is 10.4 Å². The molecule has 4 nitrogen and oxygen atoms in total. The molecule has 2 heterocycles. The van der Waals surface area contributed by atoms with Crippen molar-refractivity contribution in [2.24, 2.45) is 5.92 Å². The van der Waals surface area contributed by atoms with Crippen LogP contribution < -0.4 is 0 Å². The lowest BCUT2D eigenvalue weighted by molar-refractivity contribution is 0.0362. The van der Waals surface area contributed by atoms with Crippen LogP contribution in [0.3, 0.4) is 0 Å². The first-order valence-electron chi connectivity index (χ1n) is 5.75. The minimum absolute atomic E-state index is 0.0474. The average molecular weight is 230 g/mol. The number of fused-ring (bicyclic) bond motifs is 1. The molecular formula is C13H14N2O2. The molecule has 0 saturated carbocycles. The van der Waals surface area contributed by atoms with Crippen LogP contribution in [0.2, 0.25) is 0 Å². The fourth-order valence-corrected chi connectivity index (χ4v) is 2.21. The van der Waals surface area contributed by atoms with Crippen LogP contribution in [-0.4, -0.2) is 40.6 Å². The van der Waals surface area contributed by atoms with Crippen molar-refractivity contribution < 1.29 is 9.90 Å². The lowest BCUT2D eigenvalue weighted by atomic mass is 10.00. The van der Waals surface area contributed by atoms with Gasteiger partial charge in [-0.15, -0.1) is 0 Å². The highest BCUT2D eigenvalue weighted by atomic mass is 16.3. The van der Waals surface area contributed by atoms with Crippen molar-refractivity contribution in [2.45, 2.75) is 0 Å². The average Bonchev–Trinajstić information content (AvgIpc) is 2.74. The zero-order valence-electron chi connectivity index (χ0n) is 9.39. The van der Waals surface area contributed by atoms with Crippen LogP contribution in [0.15, 0.2) is 30.5 Å². The van der Waals surface area contributed by atoms with Gasteiger partial charge in [0.15, 0.2) is 0 Å². The first-order valence-corrected chi connectivity index (χ1v) is 5.75. The van der Waals surface area contributed by atoms with E-state index in [1.54, 1.807) is 4.90 Å². The third-order valence-electron chi connectivity index (χ3n) is 3.30. The SMILES string of the molecule is O=C(c1ccc2cc[nH]c2c1)N1CC(CO)C1. The Hall–Kier alpha value is -1.81. The van der Waals surface area contributed by atoms with Gasteiger partial charge in [0, 0.05) is 42.9 Å². The topological polar surface area (TPSA) is 56.3 Å². The molecule has 0 atom stereocenters. The quantitative estimate of drug-likeness (QED) is 0.815. The summed E-state index contributed by atoms with van der Waals surface area (Å²) in [6.07, 6.45) is 1.87. The van der Waals surface area contributed by atoms with E-state index in [0.29, 0.717) is 18.7 Å². The number of hydrogen-bond donors (Lipinski definition) is 2. The first kappa shape index (κ1) is 10.4. The lowest BCUT2D eigenvalue weighted by Crippen LogP contribution is -2.51. The molecule has 0 bridgehead atoms. The van der Waals surface area contributed by atoms with Gasteiger partial charge >= 0.3 is 0 Å². The molecule has 0 radical (unpaired) electrons. The van der Waals surface area contributed by atoms with Gasteiger partial charge in [-0.1, -0.05) is 6.07 Å². The van der Waals surface area contributed by atoms with Gasteiger partial charge in [-0.05, 0) is 23.6 Å². The Balaban J connectivity index is 1.81. The van der Waals surface area contributed by atoms with Crippen molar-refractivity contribution in [3.05, 3.63) is 36.0 Å². The number of aromatic amines is 1. The van der Waals surface area contributed by atoms with Gasteiger partial charge in [-0.25, -0.2) is 0 Å². The lowest BCUT2D eigenvalue weighted by Gasteiger charge is -2.38. The number of likely N-dealkylation sites (tertiary alicyclic amines) is 1. The van der Waals surface area contributed by atoms with Gasteiger partial charge in [0.25, 0.3) is 5.91 Å². The molecule has 0 aliphatic carbocycles. The number of carbonyl (C=O) groups excluding carboxylic acids is 1. The Morgan fingerprint density at radius 3 is 3.00 bits per heavy atom. The van der Waals surface area contributed by atoms with E-state index >= 15 is 0 Å². The Bertz CT molecular complexity index is 555. The largest absolute Gasteiger partial charge is 0.396 e. The van der Waals surface area contributed by atoms with Crippen LogP contribution in [-0.2, 0) is 0 Å². The molecule has 17 heavy (non-hydrogen) atoms. The highest BCUT2D eigenvalue weighted by molar-refractivity contribution is 5.98. The zero-order chi connectivity index (χ0) is 11.8. The molecule has 1 fully saturated rings. The van der Waals surface area contributed by atoms with Crippen LogP contribution in [0.4, 0.5) is 0 Å². The zero-order valence-corrected chi connectivity index (χ0v) is 9.39. The number of aliphatic hydroxyl groups excluding tert-OH is 1. The summed E-state index contributed by atoms with van der Waals surface area (Å²) in [5, 5.41) is 10.0. The minimum atomic E-state index is 0.0474. The van der Waals surface area contributed by atoms with Crippen molar-refractivity contribution >= 4 is 16.8 Å². The molecule has 2 aromatic rings. The summed E-state index contributed by atoms with van der Waals surface area (Å²) in [6.45, 7) is 1.50. The minimum Gasteiger partial charge on any atom is -0.396 e. The number of amides is 1. The van der Waals surface area contributed by atoms with E-state index in [9.17, 15) is 4.79 Å². The monoisotopic (exact) mass is 230 g/mol. The van der Waals surface area contributed by atoms with E-state index in [1.165, 1.54) is 0 Å². The number of aromatic nitrogens is 1. The number of benzene rings is 1. The van der Waals surface area contributed by atoms with Gasteiger partial charge in [0.05, 0.1) is 0 Å². The van der Waals surface area contributed by atoms with Crippen molar-refractivity contribution in [3.63, 3.8) is 0 Å². The summed E-state index contributed by atoms with van der Waals surface area (Å²) < 4.78 is 0. The third kappa shape index (κ3) is 1.70. The number of carbonyl (C=O) groups is 1. The van der Waals surface area contributed by atoms with E-state index in [0.717, 1.165) is 10.9 Å². The maximum Gasteiger partial charge on any atom is 0.253 e. The van der Waals surface area contributed by atoms with Crippen molar-refractivity contribution in [3.8, 4) is 0 Å². The Labute approximate surface area is 98.9 Å². The van der Waals surface area contributed by atoms with Crippen LogP contribution in [0.5, 0.6) is 0 Å². The molecule has 1 aliphatic rings. The number of nitrogens with one attached hydrogen (secondary N) is 1. The summed E-state index contributed by atoms with van der Waals surface area (Å²) in [6, 6.07) is 7.66. The van der Waals surface area contributed by atoms with Crippen molar-refractivity contribution in [1.29, 1.82) is 0 Å². The normalized spacial score (nSPS) is 16.2. The molecule has 1 aliphatic heterocycles. The van der Waals surface area contributed by atoms with Crippen LogP contribution in [0.25, 0.3) is 10.9 Å². The molecule has 0 spiro atoms. The molecule has 0 unspecified atom stereocenters. The van der Waals surface area contributed by atoms with Gasteiger partial charge < -0.3 is 15.0 Å². The molecule has 1 aromatic carbocycles. The fourth-order valence-electron chi connectivity index (χ4n) is 2.21. The second-order valence-corrected chi connectivity index (χ2v) is 4.54. The van der Waals surface area contributed by atoms with Crippen molar-refractivity contribution in [2.75, 3.05) is 19.7 Å². The number of hydrogen-bond acceptors (Lipinski definition) is 2. The summed E-state index contributed by atoms with van der Waals surface area (Å²) in [5.41, 5.74) is 1.69. The second kappa shape index (κ2) is 3.89. The van der Waals surface area contributed by atoms with Gasteiger partial charge in [0.1, 0.15) is 0 Å². The van der Waals surface area contributed by atoms with E-state index < -0.39 is 0 Å². The molecule has 2 N–H and O–H groups in total. The maximum absolute atomic E-state index is 12.1. The number of nitrogens with zero attached hydrogens (tertiary/aromatic N) is 1. The summed E-state index contributed by atoms with van der Waals surface area (Å²) >= 11 is 0. The highest BCUT2D eigenvalue weighted by Crippen LogP contribution is 2.20. The second-order valence-electron chi connectivity index (χ2n) is 4.54. The highest BCUT2D eigenvalue weighted by Gasteiger charge is 2.30. The van der Waals surface area contributed by atoms with E-state index in [2.05, 4.69) is 4.98 Å². The number of rotatable bonds is 2. The molecule has 3 rings (SSSR count). The van der Waals surface area contributed by atoms with E-state index in [-0.39, 0.29) is 18.4 Å². The molecular weight excluding hydrogens is 216 g/mol. The first-order chi connectivity index (χ1) is 8.28. The Morgan fingerprint density at radius 1 is 1.41 bits per heavy atom. The summed E-state index contributed by atoms with van der Waals surface area (Å²) in [7, 11) is 0. The smallest absolute Gasteiger partial charge is 0.253 e. The fraction of sp³-hybridized carbons (Fsp3) is 0.308. The Kier molecular flexibility index (Phi) is 2.37. The Morgan fingerprint density at radius 2 is 2.24 bits per heavy atom. The van der Waals surface area contributed by atoms with Crippen LogP contribution >= 0.6 is 0 Å². The van der Waals surface area contributed by atoms with Gasteiger partial charge in [-0.2, -0.15) is 0 Å². The van der Waals surface area contributed by atoms with Crippen molar-refractivity contribution in [1.82, 2.24) is 9.88 Å². The predicted molar refractivity (Wildman–Crippen MR) is 64.8 cm³/mol. The molecule has 88 valence electrons. The molecule has 1 saturated heterocycles.